The van der Waals surface area contributed by atoms with E-state index in [1.165, 1.54) is 13.2 Å². The van der Waals surface area contributed by atoms with Crippen LogP contribution in [0.15, 0.2) is 42.7 Å². The molecule has 0 bridgehead atoms. The summed E-state index contributed by atoms with van der Waals surface area (Å²) in [7, 11) is 3.19. The van der Waals surface area contributed by atoms with Gasteiger partial charge in [-0.2, -0.15) is 14.6 Å². The number of aromatic nitrogens is 7. The van der Waals surface area contributed by atoms with E-state index in [0.717, 1.165) is 41.6 Å². The van der Waals surface area contributed by atoms with Crippen molar-refractivity contribution in [3.05, 3.63) is 65.6 Å². The fraction of sp³-hybridized carbons (Fsp3) is 0.333. The summed E-state index contributed by atoms with van der Waals surface area (Å²) >= 11 is 0. The molecule has 0 unspecified atom stereocenters. The Morgan fingerprint density at radius 2 is 1.98 bits per heavy atom. The molecule has 0 spiro atoms. The predicted octanol–water partition coefficient (Wildman–Crippen LogP) is 4.25. The number of ether oxygens (including phenoxy) is 1. The van der Waals surface area contributed by atoms with Crippen LogP contribution >= 0.6 is 0 Å². The average molecular weight is 585 g/mol. The van der Waals surface area contributed by atoms with Crippen molar-refractivity contribution in [2.75, 3.05) is 25.6 Å². The standard InChI is InChI=1S/C30H33FN10O2/c1-4-19(40(2)29(42)27-37-30(33)39-38-27)9-11-23-25(16-5-6-16)26(32)41-28(36-23)20(15-35-41)18-7-10-22(34-14-18)17-8-12-24(43-3)21(31)13-17/h7-8,10,12-16,19H,4-6,9,11,32H2,1-3H3,(H3,33,37,38,39)/t19-/m1/s1. The smallest absolute Gasteiger partial charge is 0.291 e. The van der Waals surface area contributed by atoms with Crippen LogP contribution in [0, 0.1) is 5.82 Å². The van der Waals surface area contributed by atoms with Gasteiger partial charge in [0.2, 0.25) is 11.8 Å². The first kappa shape index (κ1) is 28.1. The number of hydrogen-bond acceptors (Lipinski definition) is 9. The van der Waals surface area contributed by atoms with Crippen LogP contribution in [0.1, 0.15) is 60.4 Å². The molecule has 5 aromatic rings. The SMILES string of the molecule is CC[C@H](CCc1nc2c(-c3ccc(-c4ccc(OC)c(F)c4)nc3)cnn2c(N)c1C1CC1)N(C)C(=O)c1nc(N)n[nH]1. The topological polar surface area (TPSA) is 166 Å². The average Bonchev–Trinajstić information content (AvgIpc) is 3.60. The Bertz CT molecular complexity index is 1800. The number of fused-ring (bicyclic) bond motifs is 1. The van der Waals surface area contributed by atoms with Crippen molar-refractivity contribution in [3.8, 4) is 28.1 Å². The van der Waals surface area contributed by atoms with Crippen LogP contribution in [0.2, 0.25) is 0 Å². The van der Waals surface area contributed by atoms with E-state index in [4.69, 9.17) is 21.2 Å². The van der Waals surface area contributed by atoms with Gasteiger partial charge in [0, 0.05) is 41.5 Å². The van der Waals surface area contributed by atoms with Crippen LogP contribution in [0.25, 0.3) is 28.0 Å². The second kappa shape index (κ2) is 11.3. The van der Waals surface area contributed by atoms with Crippen LogP contribution in [-0.4, -0.2) is 65.8 Å². The number of aromatic amines is 1. The molecule has 1 amide bonds. The number of H-pyrrole nitrogens is 1. The molecule has 4 heterocycles. The molecule has 0 radical (unpaired) electrons. The Labute approximate surface area is 247 Å². The number of methoxy groups -OCH3 is 1. The van der Waals surface area contributed by atoms with Crippen LogP contribution in [0.3, 0.4) is 0 Å². The number of carbonyl (C=O) groups is 1. The zero-order valence-electron chi connectivity index (χ0n) is 24.2. The van der Waals surface area contributed by atoms with Gasteiger partial charge in [-0.05, 0) is 62.3 Å². The third-order valence-corrected chi connectivity index (χ3v) is 8.07. The van der Waals surface area contributed by atoms with E-state index in [0.29, 0.717) is 41.5 Å². The lowest BCUT2D eigenvalue weighted by Crippen LogP contribution is -2.37. The summed E-state index contributed by atoms with van der Waals surface area (Å²) in [5, 5.41) is 10.9. The van der Waals surface area contributed by atoms with E-state index in [1.807, 2.05) is 19.1 Å². The zero-order valence-corrected chi connectivity index (χ0v) is 24.2. The maximum Gasteiger partial charge on any atom is 0.291 e. The minimum Gasteiger partial charge on any atom is -0.494 e. The largest absolute Gasteiger partial charge is 0.494 e. The number of carbonyl (C=O) groups excluding carboxylic acids is 1. The lowest BCUT2D eigenvalue weighted by atomic mass is 10.0. The fourth-order valence-electron chi connectivity index (χ4n) is 5.51. The molecule has 1 saturated carbocycles. The van der Waals surface area contributed by atoms with Gasteiger partial charge in [0.1, 0.15) is 5.82 Å². The first-order chi connectivity index (χ1) is 20.8. The number of nitrogens with zero attached hydrogens (tertiary/aromatic N) is 7. The number of anilines is 2. The minimum atomic E-state index is -0.448. The Morgan fingerprint density at radius 3 is 2.60 bits per heavy atom. The second-order valence-corrected chi connectivity index (χ2v) is 10.8. The molecule has 5 N–H and O–H groups in total. The summed E-state index contributed by atoms with van der Waals surface area (Å²) in [4.78, 5) is 28.3. The van der Waals surface area contributed by atoms with Crippen LogP contribution in [0.4, 0.5) is 16.2 Å². The van der Waals surface area contributed by atoms with E-state index in [1.54, 1.807) is 41.0 Å². The molecule has 0 aliphatic heterocycles. The van der Waals surface area contributed by atoms with E-state index in [-0.39, 0.29) is 29.5 Å². The third kappa shape index (κ3) is 5.33. The van der Waals surface area contributed by atoms with Crippen LogP contribution < -0.4 is 16.2 Å². The number of rotatable bonds is 10. The van der Waals surface area contributed by atoms with Crippen molar-refractivity contribution >= 4 is 23.3 Å². The van der Waals surface area contributed by atoms with Gasteiger partial charge in [-0.3, -0.25) is 14.9 Å². The number of hydrogen-bond donors (Lipinski definition) is 3. The molecule has 1 atom stereocenters. The number of nitrogen functional groups attached to an aromatic ring is 2. The van der Waals surface area contributed by atoms with Crippen molar-refractivity contribution in [1.82, 2.24) is 39.7 Å². The molecule has 6 rings (SSSR count). The van der Waals surface area contributed by atoms with Crippen molar-refractivity contribution in [2.45, 2.75) is 51.0 Å². The first-order valence-electron chi connectivity index (χ1n) is 14.2. The highest BCUT2D eigenvalue weighted by atomic mass is 19.1. The van der Waals surface area contributed by atoms with Crippen LogP contribution in [-0.2, 0) is 6.42 Å². The molecule has 1 aliphatic carbocycles. The monoisotopic (exact) mass is 584 g/mol. The highest BCUT2D eigenvalue weighted by molar-refractivity contribution is 5.90. The van der Waals surface area contributed by atoms with Crippen molar-refractivity contribution < 1.29 is 13.9 Å². The number of nitrogens with one attached hydrogen (secondary N) is 1. The first-order valence-corrected chi connectivity index (χ1v) is 14.2. The lowest BCUT2D eigenvalue weighted by Gasteiger charge is -2.27. The highest BCUT2D eigenvalue weighted by Crippen LogP contribution is 2.45. The molecular formula is C30H33FN10O2. The summed E-state index contributed by atoms with van der Waals surface area (Å²) in [6.07, 6.45) is 7.64. The zero-order chi connectivity index (χ0) is 30.2. The maximum atomic E-state index is 14.3. The van der Waals surface area contributed by atoms with Crippen molar-refractivity contribution in [2.24, 2.45) is 0 Å². The summed E-state index contributed by atoms with van der Waals surface area (Å²) in [5.41, 5.74) is 17.8. The molecular weight excluding hydrogens is 551 g/mol. The fourth-order valence-corrected chi connectivity index (χ4v) is 5.51. The number of pyridine rings is 1. The van der Waals surface area contributed by atoms with Crippen LogP contribution in [0.5, 0.6) is 5.75 Å². The summed E-state index contributed by atoms with van der Waals surface area (Å²) in [5.74, 6) is 0.539. The Morgan fingerprint density at radius 1 is 1.19 bits per heavy atom. The Balaban J connectivity index is 1.29. The predicted molar refractivity (Wildman–Crippen MR) is 160 cm³/mol. The van der Waals surface area contributed by atoms with Crippen molar-refractivity contribution in [1.29, 1.82) is 0 Å². The summed E-state index contributed by atoms with van der Waals surface area (Å²) in [6.45, 7) is 2.04. The maximum absolute atomic E-state index is 14.3. The Kier molecular flexibility index (Phi) is 7.38. The highest BCUT2D eigenvalue weighted by Gasteiger charge is 2.32. The number of nitrogens with two attached hydrogens (primary N) is 2. The molecule has 0 saturated heterocycles. The lowest BCUT2D eigenvalue weighted by molar-refractivity contribution is 0.0707. The number of halogens is 1. The van der Waals surface area contributed by atoms with E-state index in [2.05, 4.69) is 25.3 Å². The van der Waals surface area contributed by atoms with Gasteiger partial charge in [-0.1, -0.05) is 13.0 Å². The van der Waals surface area contributed by atoms with E-state index >= 15 is 0 Å². The van der Waals surface area contributed by atoms with Crippen molar-refractivity contribution in [3.63, 3.8) is 0 Å². The normalized spacial score (nSPS) is 13.8. The summed E-state index contributed by atoms with van der Waals surface area (Å²) < 4.78 is 21.0. The van der Waals surface area contributed by atoms with Gasteiger partial charge >= 0.3 is 0 Å². The molecule has 12 nitrogen and oxygen atoms in total. The van der Waals surface area contributed by atoms with E-state index in [9.17, 15) is 9.18 Å². The number of benzene rings is 1. The molecule has 1 aromatic carbocycles. The molecule has 1 aliphatic rings. The molecule has 43 heavy (non-hydrogen) atoms. The second-order valence-electron chi connectivity index (χ2n) is 10.8. The van der Waals surface area contributed by atoms with Gasteiger partial charge in [-0.25, -0.2) is 9.37 Å². The van der Waals surface area contributed by atoms with Gasteiger partial charge in [0.25, 0.3) is 5.91 Å². The van der Waals surface area contributed by atoms with Gasteiger partial charge in [0.15, 0.2) is 17.2 Å². The molecule has 4 aromatic heterocycles. The van der Waals surface area contributed by atoms with E-state index < -0.39 is 5.82 Å². The third-order valence-electron chi connectivity index (χ3n) is 8.07. The molecule has 222 valence electrons. The summed E-state index contributed by atoms with van der Waals surface area (Å²) in [6, 6.07) is 8.44. The minimum absolute atomic E-state index is 0.0305. The molecule has 13 heteroatoms. The Hall–Kier alpha value is -5.07. The number of aryl methyl sites for hydroxylation is 1. The van der Waals surface area contributed by atoms with Gasteiger partial charge < -0.3 is 21.1 Å². The van der Waals surface area contributed by atoms with Gasteiger partial charge in [-0.15, -0.1) is 5.10 Å². The number of amides is 1. The van der Waals surface area contributed by atoms with Gasteiger partial charge in [0.05, 0.1) is 24.7 Å². The quantitative estimate of drug-likeness (QED) is 0.217. The molecule has 1 fully saturated rings.